The van der Waals surface area contributed by atoms with E-state index in [2.05, 4.69) is 23.2 Å². The normalized spacial score (nSPS) is 9.81. The highest BCUT2D eigenvalue weighted by Gasteiger charge is 1.99. The van der Waals surface area contributed by atoms with Crippen molar-refractivity contribution in [1.29, 1.82) is 0 Å². The minimum atomic E-state index is 0.775. The Morgan fingerprint density at radius 3 is 2.75 bits per heavy atom. The molecule has 3 heteroatoms. The van der Waals surface area contributed by atoms with Gasteiger partial charge in [-0.2, -0.15) is 0 Å². The SMILES string of the molecule is Cc1ccc[nH][nH]cc1-c1cccc(N)c1. The Kier molecular flexibility index (Phi) is 2.96. The molecular formula is C13H15N3. The summed E-state index contributed by atoms with van der Waals surface area (Å²) in [6.07, 6.45) is 3.78. The Morgan fingerprint density at radius 1 is 1.06 bits per heavy atom. The lowest BCUT2D eigenvalue weighted by molar-refractivity contribution is 1.04. The molecule has 1 aromatic carbocycles. The average Bonchev–Trinajstić information content (AvgIpc) is 2.24. The van der Waals surface area contributed by atoms with Gasteiger partial charge in [-0.1, -0.05) is 18.2 Å². The number of aromatic nitrogens is 2. The van der Waals surface area contributed by atoms with Gasteiger partial charge in [0.15, 0.2) is 0 Å². The van der Waals surface area contributed by atoms with Crippen molar-refractivity contribution in [2.45, 2.75) is 6.92 Å². The van der Waals surface area contributed by atoms with Crippen LogP contribution in [0.15, 0.2) is 48.8 Å². The molecule has 2 rings (SSSR count). The van der Waals surface area contributed by atoms with Crippen molar-refractivity contribution in [3.8, 4) is 11.1 Å². The molecule has 0 aliphatic rings. The Morgan fingerprint density at radius 2 is 1.94 bits per heavy atom. The molecule has 1 heterocycles. The van der Waals surface area contributed by atoms with Gasteiger partial charge in [0.05, 0.1) is 0 Å². The largest absolute Gasteiger partial charge is 0.399 e. The zero-order chi connectivity index (χ0) is 11.4. The van der Waals surface area contributed by atoms with Crippen molar-refractivity contribution in [1.82, 2.24) is 10.2 Å². The molecule has 0 amide bonds. The van der Waals surface area contributed by atoms with Crippen LogP contribution in [-0.4, -0.2) is 10.2 Å². The number of nitrogens with one attached hydrogen (secondary N) is 2. The van der Waals surface area contributed by atoms with Crippen molar-refractivity contribution in [2.75, 3.05) is 5.73 Å². The molecule has 0 radical (unpaired) electrons. The van der Waals surface area contributed by atoms with Crippen LogP contribution in [0.25, 0.3) is 11.1 Å². The number of H-pyrrole nitrogens is 2. The van der Waals surface area contributed by atoms with Crippen LogP contribution in [0, 0.1) is 6.92 Å². The molecule has 0 atom stereocenters. The molecule has 16 heavy (non-hydrogen) atoms. The third kappa shape index (κ3) is 2.25. The molecule has 0 aliphatic heterocycles. The summed E-state index contributed by atoms with van der Waals surface area (Å²) in [5, 5.41) is 5.94. The third-order valence-electron chi connectivity index (χ3n) is 2.45. The van der Waals surface area contributed by atoms with Crippen LogP contribution in [0.2, 0.25) is 0 Å². The number of aromatic amines is 2. The number of hydrogen-bond acceptors (Lipinski definition) is 1. The third-order valence-corrected chi connectivity index (χ3v) is 2.45. The van der Waals surface area contributed by atoms with E-state index in [1.807, 2.05) is 42.7 Å². The van der Waals surface area contributed by atoms with E-state index in [9.17, 15) is 0 Å². The maximum absolute atomic E-state index is 5.78. The van der Waals surface area contributed by atoms with E-state index in [1.165, 1.54) is 5.56 Å². The minimum Gasteiger partial charge on any atom is -0.399 e. The second-order valence-electron chi connectivity index (χ2n) is 3.68. The van der Waals surface area contributed by atoms with Gasteiger partial charge in [-0.05, 0) is 36.2 Å². The van der Waals surface area contributed by atoms with Crippen molar-refractivity contribution in [3.63, 3.8) is 0 Å². The van der Waals surface area contributed by atoms with E-state index in [4.69, 9.17) is 5.73 Å². The van der Waals surface area contributed by atoms with Gasteiger partial charge in [-0.25, -0.2) is 0 Å². The molecule has 0 spiro atoms. The van der Waals surface area contributed by atoms with E-state index in [-0.39, 0.29) is 0 Å². The molecule has 1 aromatic heterocycles. The number of benzene rings is 1. The van der Waals surface area contributed by atoms with Crippen LogP contribution >= 0.6 is 0 Å². The van der Waals surface area contributed by atoms with Crippen LogP contribution < -0.4 is 5.73 Å². The number of rotatable bonds is 1. The predicted molar refractivity (Wildman–Crippen MR) is 67.4 cm³/mol. The highest BCUT2D eigenvalue weighted by molar-refractivity contribution is 5.68. The maximum atomic E-state index is 5.78. The quantitative estimate of drug-likeness (QED) is 0.626. The number of nitrogens with two attached hydrogens (primary N) is 1. The molecule has 2 aromatic rings. The fourth-order valence-electron chi connectivity index (χ4n) is 1.62. The number of anilines is 1. The van der Waals surface area contributed by atoms with Gasteiger partial charge in [0.2, 0.25) is 0 Å². The van der Waals surface area contributed by atoms with Crippen LogP contribution in [0.1, 0.15) is 5.56 Å². The Labute approximate surface area is 94.6 Å². The number of aryl methyl sites for hydroxylation is 1. The van der Waals surface area contributed by atoms with E-state index in [0.29, 0.717) is 0 Å². The summed E-state index contributed by atoms with van der Waals surface area (Å²) in [7, 11) is 0. The van der Waals surface area contributed by atoms with Crippen molar-refractivity contribution in [3.05, 3.63) is 54.4 Å². The van der Waals surface area contributed by atoms with E-state index in [1.54, 1.807) is 0 Å². The smallest absolute Gasteiger partial charge is 0.0320 e. The summed E-state index contributed by atoms with van der Waals surface area (Å²) in [5.41, 5.74) is 9.99. The van der Waals surface area contributed by atoms with Crippen molar-refractivity contribution < 1.29 is 0 Å². The lowest BCUT2D eigenvalue weighted by Gasteiger charge is -2.04. The van der Waals surface area contributed by atoms with Gasteiger partial charge in [0.1, 0.15) is 0 Å². The number of hydrogen-bond donors (Lipinski definition) is 3. The van der Waals surface area contributed by atoms with Crippen LogP contribution in [0.3, 0.4) is 0 Å². The second kappa shape index (κ2) is 4.57. The first kappa shape index (κ1) is 10.4. The standard InChI is InChI=1S/C13H15N3/c1-10-4-3-7-15-16-9-13(10)11-5-2-6-12(14)8-11/h2-9,15-16H,14H2,1H3. The molecule has 4 N–H and O–H groups in total. The lowest BCUT2D eigenvalue weighted by atomic mass is 10.0. The molecule has 82 valence electrons. The van der Waals surface area contributed by atoms with Gasteiger partial charge in [-0.15, -0.1) is 0 Å². The average molecular weight is 213 g/mol. The first-order valence-corrected chi connectivity index (χ1v) is 5.18. The molecule has 0 saturated carbocycles. The topological polar surface area (TPSA) is 57.6 Å². The highest BCUT2D eigenvalue weighted by atomic mass is 15.1. The molecule has 0 unspecified atom stereocenters. The highest BCUT2D eigenvalue weighted by Crippen LogP contribution is 2.22. The van der Waals surface area contributed by atoms with Gasteiger partial charge < -0.3 is 15.9 Å². The molecule has 0 aliphatic carbocycles. The van der Waals surface area contributed by atoms with Gasteiger partial charge >= 0.3 is 0 Å². The minimum absolute atomic E-state index is 0.775. The molecule has 0 saturated heterocycles. The van der Waals surface area contributed by atoms with E-state index in [0.717, 1.165) is 16.8 Å². The van der Waals surface area contributed by atoms with E-state index >= 15 is 0 Å². The van der Waals surface area contributed by atoms with Crippen LogP contribution in [0.5, 0.6) is 0 Å². The predicted octanol–water partition coefficient (Wildman–Crippen LogP) is 3.02. The number of nitrogen functional groups attached to an aromatic ring is 1. The zero-order valence-electron chi connectivity index (χ0n) is 9.20. The maximum Gasteiger partial charge on any atom is 0.0320 e. The fraction of sp³-hybridized carbons (Fsp3) is 0.0769. The van der Waals surface area contributed by atoms with Crippen molar-refractivity contribution >= 4 is 5.69 Å². The van der Waals surface area contributed by atoms with Crippen LogP contribution in [0.4, 0.5) is 5.69 Å². The Bertz CT molecular complexity index is 521. The Balaban J connectivity index is 2.61. The second-order valence-corrected chi connectivity index (χ2v) is 3.68. The van der Waals surface area contributed by atoms with Crippen molar-refractivity contribution in [2.24, 2.45) is 0 Å². The first-order chi connectivity index (χ1) is 7.77. The van der Waals surface area contributed by atoms with E-state index < -0.39 is 0 Å². The zero-order valence-corrected chi connectivity index (χ0v) is 9.20. The Hall–Kier alpha value is -2.16. The lowest BCUT2D eigenvalue weighted by Crippen LogP contribution is -1.87. The molecule has 3 nitrogen and oxygen atoms in total. The molecule has 0 bridgehead atoms. The monoisotopic (exact) mass is 213 g/mol. The summed E-state index contributed by atoms with van der Waals surface area (Å²) in [5.74, 6) is 0. The molecular weight excluding hydrogens is 198 g/mol. The van der Waals surface area contributed by atoms with Gasteiger partial charge in [0, 0.05) is 23.6 Å². The summed E-state index contributed by atoms with van der Waals surface area (Å²) in [6, 6.07) is 11.9. The van der Waals surface area contributed by atoms with Gasteiger partial charge in [-0.3, -0.25) is 0 Å². The summed E-state index contributed by atoms with van der Waals surface area (Å²) in [6.45, 7) is 2.08. The van der Waals surface area contributed by atoms with Crippen LogP contribution in [-0.2, 0) is 0 Å². The molecule has 0 fully saturated rings. The summed E-state index contributed by atoms with van der Waals surface area (Å²) in [4.78, 5) is 0. The first-order valence-electron chi connectivity index (χ1n) is 5.18. The summed E-state index contributed by atoms with van der Waals surface area (Å²) >= 11 is 0. The summed E-state index contributed by atoms with van der Waals surface area (Å²) < 4.78 is 0. The fourth-order valence-corrected chi connectivity index (χ4v) is 1.62. The van der Waals surface area contributed by atoms with Gasteiger partial charge in [0.25, 0.3) is 0 Å².